The van der Waals surface area contributed by atoms with E-state index in [1.165, 1.54) is 128 Å². The number of ether oxygens (including phenoxy) is 1. The van der Waals surface area contributed by atoms with Crippen molar-refractivity contribution in [3.05, 3.63) is 0 Å². The number of unbranched alkanes of at least 4 members (excludes halogenated alkanes) is 22. The van der Waals surface area contributed by atoms with Gasteiger partial charge in [-0.05, 0) is 25.2 Å². The highest BCUT2D eigenvalue weighted by Crippen LogP contribution is 2.13. The Morgan fingerprint density at radius 2 is 0.925 bits per heavy atom. The Labute approximate surface area is 250 Å². The molecule has 0 saturated carbocycles. The maximum Gasteiger partial charge on any atom is 0.407 e. The minimum atomic E-state index is -0.521. The minimum Gasteiger partial charge on any atom is -0.450 e. The fraction of sp³-hybridized carbons (Fsp3) is 0.943. The molecule has 0 saturated heterocycles. The van der Waals surface area contributed by atoms with Gasteiger partial charge in [0.25, 0.3) is 0 Å². The Balaban J connectivity index is 3.77. The first-order valence-electron chi connectivity index (χ1n) is 17.7. The second kappa shape index (κ2) is 30.7. The number of carbonyl (C=O) groups is 2. The summed E-state index contributed by atoms with van der Waals surface area (Å²) in [4.78, 5) is 25.0. The second-order valence-corrected chi connectivity index (χ2v) is 12.5. The zero-order valence-electron chi connectivity index (χ0n) is 27.5. The van der Waals surface area contributed by atoms with Crippen molar-refractivity contribution in [2.75, 3.05) is 13.2 Å². The molecule has 0 spiro atoms. The van der Waals surface area contributed by atoms with E-state index in [1.54, 1.807) is 0 Å². The molecule has 0 aromatic heterocycles. The summed E-state index contributed by atoms with van der Waals surface area (Å²) in [6.45, 7) is 9.79. The van der Waals surface area contributed by atoms with Gasteiger partial charge in [-0.2, -0.15) is 0 Å². The Morgan fingerprint density at radius 1 is 0.550 bits per heavy atom. The van der Waals surface area contributed by atoms with Crippen LogP contribution in [0.4, 0.5) is 4.79 Å². The fourth-order valence-corrected chi connectivity index (χ4v) is 5.30. The van der Waals surface area contributed by atoms with Crippen molar-refractivity contribution in [1.82, 2.24) is 10.6 Å². The van der Waals surface area contributed by atoms with Crippen molar-refractivity contribution in [2.45, 2.75) is 194 Å². The van der Waals surface area contributed by atoms with Crippen LogP contribution >= 0.6 is 0 Å². The van der Waals surface area contributed by atoms with Crippen LogP contribution < -0.4 is 10.6 Å². The molecule has 1 atom stereocenters. The van der Waals surface area contributed by atoms with Crippen LogP contribution in [-0.2, 0) is 9.53 Å². The van der Waals surface area contributed by atoms with E-state index >= 15 is 0 Å². The van der Waals surface area contributed by atoms with E-state index in [2.05, 4.69) is 38.3 Å². The Hall–Kier alpha value is -1.26. The van der Waals surface area contributed by atoms with E-state index in [9.17, 15) is 9.59 Å². The SMILES string of the molecule is CCCCCCCCCCCCCCCCOC(=O)N[C@@H](CC(C)C)C(=O)NCCCCCCCCCCCC. The highest BCUT2D eigenvalue weighted by molar-refractivity contribution is 5.85. The van der Waals surface area contributed by atoms with E-state index in [0.717, 1.165) is 25.7 Å². The summed E-state index contributed by atoms with van der Waals surface area (Å²) in [5.41, 5.74) is 0. The van der Waals surface area contributed by atoms with Gasteiger partial charge < -0.3 is 15.4 Å². The predicted octanol–water partition coefficient (Wildman–Crippen LogP) is 10.6. The van der Waals surface area contributed by atoms with Gasteiger partial charge in [-0.1, -0.05) is 169 Å². The Morgan fingerprint density at radius 3 is 1.32 bits per heavy atom. The molecule has 0 rings (SSSR count). The number of hydrogen-bond acceptors (Lipinski definition) is 3. The van der Waals surface area contributed by atoms with Crippen LogP contribution in [0, 0.1) is 5.92 Å². The lowest BCUT2D eigenvalue weighted by molar-refractivity contribution is -0.123. The van der Waals surface area contributed by atoms with Gasteiger partial charge in [0.1, 0.15) is 6.04 Å². The summed E-state index contributed by atoms with van der Waals surface area (Å²) in [7, 11) is 0. The highest BCUT2D eigenvalue weighted by Gasteiger charge is 2.22. The molecule has 0 aromatic carbocycles. The molecule has 0 fully saturated rings. The molecule has 0 unspecified atom stereocenters. The molecule has 0 radical (unpaired) electrons. The van der Waals surface area contributed by atoms with Crippen LogP contribution in [0.25, 0.3) is 0 Å². The van der Waals surface area contributed by atoms with Crippen molar-refractivity contribution in [1.29, 1.82) is 0 Å². The number of alkyl carbamates (subject to hydrolysis) is 1. The summed E-state index contributed by atoms with van der Waals surface area (Å²) in [5.74, 6) is 0.234. The first kappa shape index (κ1) is 38.7. The lowest BCUT2D eigenvalue weighted by Crippen LogP contribution is -2.47. The highest BCUT2D eigenvalue weighted by atomic mass is 16.5. The smallest absolute Gasteiger partial charge is 0.407 e. The van der Waals surface area contributed by atoms with Gasteiger partial charge in [-0.15, -0.1) is 0 Å². The minimum absolute atomic E-state index is 0.0851. The molecule has 5 nitrogen and oxygen atoms in total. The average molecular weight is 567 g/mol. The zero-order chi connectivity index (χ0) is 29.5. The molecule has 2 N–H and O–H groups in total. The van der Waals surface area contributed by atoms with Gasteiger partial charge in [-0.3, -0.25) is 4.79 Å². The number of carbonyl (C=O) groups excluding carboxylic acids is 2. The molecule has 0 aliphatic rings. The standard InChI is InChI=1S/C35H70N2O3/c1-5-7-9-11-13-15-17-18-19-20-22-24-26-28-30-40-35(39)37-33(31-32(3)4)34(38)36-29-27-25-23-21-16-14-12-10-8-6-2/h32-33H,5-31H2,1-4H3,(H,36,38)(H,37,39)/t33-/m0/s1. The van der Waals surface area contributed by atoms with Crippen molar-refractivity contribution in [3.8, 4) is 0 Å². The molecule has 5 heteroatoms. The van der Waals surface area contributed by atoms with Crippen LogP contribution in [0.5, 0.6) is 0 Å². The van der Waals surface area contributed by atoms with E-state index in [4.69, 9.17) is 4.74 Å². The molecule has 0 aliphatic carbocycles. The molecule has 238 valence electrons. The summed E-state index contributed by atoms with van der Waals surface area (Å²) in [5, 5.41) is 5.85. The van der Waals surface area contributed by atoms with Crippen molar-refractivity contribution in [3.63, 3.8) is 0 Å². The van der Waals surface area contributed by atoms with Crippen molar-refractivity contribution in [2.24, 2.45) is 5.92 Å². The average Bonchev–Trinajstić information content (AvgIpc) is 2.93. The summed E-state index contributed by atoms with van der Waals surface area (Å²) in [6, 6.07) is -0.521. The largest absolute Gasteiger partial charge is 0.450 e. The maximum atomic E-state index is 12.7. The molecule has 0 bridgehead atoms. The fourth-order valence-electron chi connectivity index (χ4n) is 5.30. The van der Waals surface area contributed by atoms with E-state index in [-0.39, 0.29) is 5.91 Å². The van der Waals surface area contributed by atoms with Crippen molar-refractivity contribution >= 4 is 12.0 Å². The van der Waals surface area contributed by atoms with Crippen molar-refractivity contribution < 1.29 is 14.3 Å². The van der Waals surface area contributed by atoms with Gasteiger partial charge in [0.15, 0.2) is 0 Å². The molecule has 0 heterocycles. The molecular weight excluding hydrogens is 496 g/mol. The monoisotopic (exact) mass is 567 g/mol. The van der Waals surface area contributed by atoms with Crippen LogP contribution in [0.1, 0.15) is 188 Å². The van der Waals surface area contributed by atoms with Crippen LogP contribution in [-0.4, -0.2) is 31.2 Å². The van der Waals surface area contributed by atoms with Gasteiger partial charge in [-0.25, -0.2) is 4.79 Å². The van der Waals surface area contributed by atoms with Crippen LogP contribution in [0.2, 0.25) is 0 Å². The van der Waals surface area contributed by atoms with Gasteiger partial charge in [0, 0.05) is 6.54 Å². The Bertz CT molecular complexity index is 553. The van der Waals surface area contributed by atoms with E-state index in [1.807, 2.05) is 0 Å². The van der Waals surface area contributed by atoms with E-state index < -0.39 is 12.1 Å². The van der Waals surface area contributed by atoms with Gasteiger partial charge in [0.2, 0.25) is 5.91 Å². The summed E-state index contributed by atoms with van der Waals surface area (Å²) < 4.78 is 5.39. The first-order chi connectivity index (χ1) is 19.5. The third-order valence-corrected chi connectivity index (χ3v) is 7.88. The number of amides is 2. The Kier molecular flexibility index (Phi) is 29.7. The van der Waals surface area contributed by atoms with Gasteiger partial charge in [0.05, 0.1) is 6.61 Å². The third kappa shape index (κ3) is 28.3. The molecule has 0 aliphatic heterocycles. The molecular formula is C35H70N2O3. The maximum absolute atomic E-state index is 12.7. The lowest BCUT2D eigenvalue weighted by atomic mass is 10.0. The molecule has 2 amide bonds. The lowest BCUT2D eigenvalue weighted by Gasteiger charge is -2.20. The zero-order valence-corrected chi connectivity index (χ0v) is 27.5. The quantitative estimate of drug-likeness (QED) is 0.0850. The number of nitrogens with one attached hydrogen (secondary N) is 2. The van der Waals surface area contributed by atoms with Crippen LogP contribution in [0.15, 0.2) is 0 Å². The topological polar surface area (TPSA) is 67.4 Å². The van der Waals surface area contributed by atoms with E-state index in [0.29, 0.717) is 25.5 Å². The normalized spacial score (nSPS) is 12.0. The van der Waals surface area contributed by atoms with Crippen LogP contribution in [0.3, 0.4) is 0 Å². The summed E-state index contributed by atoms with van der Waals surface area (Å²) >= 11 is 0. The first-order valence-corrected chi connectivity index (χ1v) is 17.7. The predicted molar refractivity (Wildman–Crippen MR) is 173 cm³/mol. The van der Waals surface area contributed by atoms with Gasteiger partial charge >= 0.3 is 6.09 Å². The number of hydrogen-bond donors (Lipinski definition) is 2. The number of rotatable bonds is 30. The summed E-state index contributed by atoms with van der Waals surface area (Å²) in [6.07, 6.45) is 31.2. The molecule has 40 heavy (non-hydrogen) atoms. The third-order valence-electron chi connectivity index (χ3n) is 7.88. The second-order valence-electron chi connectivity index (χ2n) is 12.5. The molecule has 0 aromatic rings.